The second-order valence-corrected chi connectivity index (χ2v) is 4.90. The summed E-state index contributed by atoms with van der Waals surface area (Å²) in [4.78, 5) is 1.51. The molecule has 0 aromatic rings. The molecule has 1 saturated heterocycles. The molecular formula is C12H23F3N2O. The number of nitrogens with zero attached hydrogens (tertiary/aromatic N) is 1. The fourth-order valence-electron chi connectivity index (χ4n) is 2.30. The Bertz CT molecular complexity index is 230. The van der Waals surface area contributed by atoms with Gasteiger partial charge in [0.15, 0.2) is 0 Å². The summed E-state index contributed by atoms with van der Waals surface area (Å²) in [7, 11) is 0. The minimum atomic E-state index is -4.13. The van der Waals surface area contributed by atoms with Crippen molar-refractivity contribution in [3.63, 3.8) is 0 Å². The van der Waals surface area contributed by atoms with E-state index >= 15 is 0 Å². The van der Waals surface area contributed by atoms with E-state index in [0.29, 0.717) is 26.2 Å². The van der Waals surface area contributed by atoms with E-state index in [1.165, 1.54) is 4.90 Å². The summed E-state index contributed by atoms with van der Waals surface area (Å²) < 4.78 is 42.8. The van der Waals surface area contributed by atoms with E-state index in [-0.39, 0.29) is 12.1 Å². The molecule has 0 aromatic carbocycles. The molecule has 18 heavy (non-hydrogen) atoms. The summed E-state index contributed by atoms with van der Waals surface area (Å²) in [5.41, 5.74) is 0. The normalized spacial score (nSPS) is 23.3. The molecule has 0 aromatic heterocycles. The van der Waals surface area contributed by atoms with Crippen molar-refractivity contribution in [1.29, 1.82) is 0 Å². The highest BCUT2D eigenvalue weighted by Crippen LogP contribution is 2.20. The first-order chi connectivity index (χ1) is 8.42. The van der Waals surface area contributed by atoms with Crippen molar-refractivity contribution in [3.8, 4) is 0 Å². The van der Waals surface area contributed by atoms with Gasteiger partial charge in [0.1, 0.15) is 0 Å². The molecule has 0 spiro atoms. The predicted octanol–water partition coefficient (Wildman–Crippen LogP) is 2.03. The lowest BCUT2D eigenvalue weighted by Crippen LogP contribution is -2.48. The van der Waals surface area contributed by atoms with E-state index < -0.39 is 12.7 Å². The summed E-state index contributed by atoms with van der Waals surface area (Å²) in [5.74, 6) is 0. The second-order valence-electron chi connectivity index (χ2n) is 4.90. The van der Waals surface area contributed by atoms with Crippen LogP contribution in [0.5, 0.6) is 0 Å². The largest absolute Gasteiger partial charge is 0.401 e. The molecular weight excluding hydrogens is 245 g/mol. The molecule has 0 amide bonds. The molecule has 2 atom stereocenters. The number of hydrogen-bond donors (Lipinski definition) is 1. The zero-order chi connectivity index (χ0) is 13.6. The molecule has 1 aliphatic heterocycles. The van der Waals surface area contributed by atoms with Crippen LogP contribution < -0.4 is 5.32 Å². The maximum atomic E-state index is 12.5. The Labute approximate surface area is 107 Å². The van der Waals surface area contributed by atoms with Crippen LogP contribution in [0.1, 0.15) is 26.7 Å². The summed E-state index contributed by atoms with van der Waals surface area (Å²) in [5, 5.41) is 3.28. The highest BCUT2D eigenvalue weighted by Gasteiger charge is 2.33. The Morgan fingerprint density at radius 3 is 2.67 bits per heavy atom. The lowest BCUT2D eigenvalue weighted by atomic mass is 10.1. The fourth-order valence-corrected chi connectivity index (χ4v) is 2.30. The summed E-state index contributed by atoms with van der Waals surface area (Å²) in [6.07, 6.45) is -2.70. The highest BCUT2D eigenvalue weighted by molar-refractivity contribution is 4.78. The van der Waals surface area contributed by atoms with Gasteiger partial charge < -0.3 is 10.1 Å². The highest BCUT2D eigenvalue weighted by atomic mass is 19.4. The number of rotatable bonds is 6. The third-order valence-corrected chi connectivity index (χ3v) is 3.14. The molecule has 0 aliphatic carbocycles. The Morgan fingerprint density at radius 2 is 2.17 bits per heavy atom. The van der Waals surface area contributed by atoms with Gasteiger partial charge in [-0.1, -0.05) is 6.92 Å². The lowest BCUT2D eigenvalue weighted by molar-refractivity contribution is -0.151. The molecule has 1 rings (SSSR count). The Morgan fingerprint density at radius 1 is 1.44 bits per heavy atom. The molecule has 0 radical (unpaired) electrons. The first-order valence-corrected chi connectivity index (χ1v) is 6.54. The molecule has 0 bridgehead atoms. The van der Waals surface area contributed by atoms with Crippen molar-refractivity contribution >= 4 is 0 Å². The van der Waals surface area contributed by atoms with E-state index in [2.05, 4.69) is 5.32 Å². The Balaban J connectivity index is 2.44. The standard InChI is InChI=1S/C12H23F3N2O/c1-3-5-17(9-12(13,14)15)10(2)7-11-8-18-6-4-16-11/h10-11,16H,3-9H2,1-2H3. The van der Waals surface area contributed by atoms with Gasteiger partial charge in [-0.25, -0.2) is 0 Å². The Hall–Kier alpha value is -0.330. The maximum absolute atomic E-state index is 12.5. The van der Waals surface area contributed by atoms with Crippen LogP contribution in [-0.4, -0.2) is 56.0 Å². The van der Waals surface area contributed by atoms with Crippen LogP contribution in [0.25, 0.3) is 0 Å². The average molecular weight is 268 g/mol. The van der Waals surface area contributed by atoms with Crippen LogP contribution in [0.4, 0.5) is 13.2 Å². The van der Waals surface area contributed by atoms with Crippen molar-refractivity contribution in [2.75, 3.05) is 32.8 Å². The molecule has 1 N–H and O–H groups in total. The number of morpholine rings is 1. The SMILES string of the molecule is CCCN(CC(F)(F)F)C(C)CC1COCCN1. The molecule has 1 heterocycles. The summed E-state index contributed by atoms with van der Waals surface area (Å²) >= 11 is 0. The van der Waals surface area contributed by atoms with Gasteiger partial charge in [0.25, 0.3) is 0 Å². The molecule has 6 heteroatoms. The van der Waals surface area contributed by atoms with Gasteiger partial charge in [-0.05, 0) is 26.3 Å². The summed E-state index contributed by atoms with van der Waals surface area (Å²) in [6.45, 7) is 5.48. The second kappa shape index (κ2) is 7.31. The molecule has 2 unspecified atom stereocenters. The van der Waals surface area contributed by atoms with Crippen molar-refractivity contribution < 1.29 is 17.9 Å². The van der Waals surface area contributed by atoms with E-state index in [1.54, 1.807) is 0 Å². The summed E-state index contributed by atoms with van der Waals surface area (Å²) in [6, 6.07) is 0.0760. The van der Waals surface area contributed by atoms with E-state index in [4.69, 9.17) is 4.74 Å². The van der Waals surface area contributed by atoms with Crippen LogP contribution in [0.2, 0.25) is 0 Å². The quantitative estimate of drug-likeness (QED) is 0.797. The first kappa shape index (κ1) is 15.7. The van der Waals surface area contributed by atoms with E-state index in [0.717, 1.165) is 13.0 Å². The minimum Gasteiger partial charge on any atom is -0.379 e. The van der Waals surface area contributed by atoms with E-state index in [1.807, 2.05) is 13.8 Å². The van der Waals surface area contributed by atoms with Crippen molar-refractivity contribution in [2.24, 2.45) is 0 Å². The zero-order valence-corrected chi connectivity index (χ0v) is 11.1. The molecule has 0 saturated carbocycles. The number of ether oxygens (including phenoxy) is 1. The van der Waals surface area contributed by atoms with E-state index in [9.17, 15) is 13.2 Å². The zero-order valence-electron chi connectivity index (χ0n) is 11.1. The number of alkyl halides is 3. The first-order valence-electron chi connectivity index (χ1n) is 6.54. The van der Waals surface area contributed by atoms with Crippen LogP contribution in [0.15, 0.2) is 0 Å². The third-order valence-electron chi connectivity index (χ3n) is 3.14. The van der Waals surface area contributed by atoms with Crippen LogP contribution in [0, 0.1) is 0 Å². The number of halogens is 3. The molecule has 1 aliphatic rings. The predicted molar refractivity (Wildman–Crippen MR) is 64.6 cm³/mol. The molecule has 108 valence electrons. The van der Waals surface area contributed by atoms with Gasteiger partial charge in [0, 0.05) is 18.6 Å². The molecule has 1 fully saturated rings. The topological polar surface area (TPSA) is 24.5 Å². The number of nitrogens with one attached hydrogen (secondary N) is 1. The van der Waals surface area contributed by atoms with Crippen LogP contribution in [-0.2, 0) is 4.74 Å². The van der Waals surface area contributed by atoms with Gasteiger partial charge >= 0.3 is 6.18 Å². The molecule has 3 nitrogen and oxygen atoms in total. The Kier molecular flexibility index (Phi) is 6.38. The van der Waals surface area contributed by atoms with Gasteiger partial charge in [-0.15, -0.1) is 0 Å². The fraction of sp³-hybridized carbons (Fsp3) is 1.00. The lowest BCUT2D eigenvalue weighted by Gasteiger charge is -2.33. The van der Waals surface area contributed by atoms with Crippen LogP contribution >= 0.6 is 0 Å². The van der Waals surface area contributed by atoms with Gasteiger partial charge in [0.05, 0.1) is 19.8 Å². The smallest absolute Gasteiger partial charge is 0.379 e. The van der Waals surface area contributed by atoms with Crippen molar-refractivity contribution in [3.05, 3.63) is 0 Å². The number of hydrogen-bond acceptors (Lipinski definition) is 3. The average Bonchev–Trinajstić information content (AvgIpc) is 2.28. The maximum Gasteiger partial charge on any atom is 0.401 e. The van der Waals surface area contributed by atoms with Gasteiger partial charge in [0.2, 0.25) is 0 Å². The van der Waals surface area contributed by atoms with Crippen molar-refractivity contribution in [2.45, 2.75) is 44.9 Å². The minimum absolute atomic E-state index is 0.0919. The van der Waals surface area contributed by atoms with Crippen molar-refractivity contribution in [1.82, 2.24) is 10.2 Å². The van der Waals surface area contributed by atoms with Gasteiger partial charge in [-0.2, -0.15) is 13.2 Å². The monoisotopic (exact) mass is 268 g/mol. The third kappa shape index (κ3) is 6.02. The van der Waals surface area contributed by atoms with Gasteiger partial charge in [-0.3, -0.25) is 4.90 Å². The van der Waals surface area contributed by atoms with Crippen LogP contribution in [0.3, 0.4) is 0 Å².